The van der Waals surface area contributed by atoms with E-state index in [1.54, 1.807) is 24.3 Å². The van der Waals surface area contributed by atoms with Crippen molar-refractivity contribution in [1.82, 2.24) is 0 Å². The van der Waals surface area contributed by atoms with Crippen LogP contribution < -0.4 is 5.32 Å². The van der Waals surface area contributed by atoms with Gasteiger partial charge < -0.3 is 10.4 Å². The first-order valence-electron chi connectivity index (χ1n) is 10.0. The van der Waals surface area contributed by atoms with Gasteiger partial charge in [0.2, 0.25) is 5.91 Å². The molecule has 3 rings (SSSR count). The fourth-order valence-electron chi connectivity index (χ4n) is 3.40. The zero-order chi connectivity index (χ0) is 22.3. The number of amides is 1. The standard InChI is InChI=1S/C25H29NO3S/c1-24(2,3)17-11-15(12-18(23(17)29)25(4,5)6)7-9-20(27)16-8-10-21-19(13-16)26-22(28)14-30-21/h7-13,29H,14H2,1-6H3,(H,26,28). The second kappa shape index (κ2) is 7.95. The molecular formula is C25H29NO3S. The van der Waals surface area contributed by atoms with Crippen LogP contribution in [0.4, 0.5) is 5.69 Å². The molecule has 0 saturated carbocycles. The van der Waals surface area contributed by atoms with E-state index >= 15 is 0 Å². The number of carbonyl (C=O) groups excluding carboxylic acids is 2. The van der Waals surface area contributed by atoms with Gasteiger partial charge in [0.1, 0.15) is 5.75 Å². The average molecular weight is 424 g/mol. The summed E-state index contributed by atoms with van der Waals surface area (Å²) in [4.78, 5) is 25.4. The van der Waals surface area contributed by atoms with Crippen LogP contribution in [0.25, 0.3) is 6.08 Å². The van der Waals surface area contributed by atoms with Gasteiger partial charge in [-0.05, 0) is 52.8 Å². The Morgan fingerprint density at radius 3 is 2.20 bits per heavy atom. The molecule has 4 nitrogen and oxygen atoms in total. The molecule has 0 bridgehead atoms. The maximum Gasteiger partial charge on any atom is 0.234 e. The van der Waals surface area contributed by atoms with Gasteiger partial charge in [0.05, 0.1) is 11.4 Å². The summed E-state index contributed by atoms with van der Waals surface area (Å²) in [6, 6.07) is 9.27. The molecule has 1 amide bonds. The summed E-state index contributed by atoms with van der Waals surface area (Å²) in [5.74, 6) is 0.528. The molecule has 0 unspecified atom stereocenters. The Labute approximate surface area is 182 Å². The van der Waals surface area contributed by atoms with Crippen LogP contribution in [0.3, 0.4) is 0 Å². The minimum absolute atomic E-state index is 0.0545. The molecule has 0 aliphatic carbocycles. The summed E-state index contributed by atoms with van der Waals surface area (Å²) in [7, 11) is 0. The number of hydrogen-bond acceptors (Lipinski definition) is 4. The molecule has 2 aromatic carbocycles. The molecule has 0 saturated heterocycles. The maximum atomic E-state index is 12.8. The topological polar surface area (TPSA) is 66.4 Å². The van der Waals surface area contributed by atoms with Crippen LogP contribution >= 0.6 is 11.8 Å². The van der Waals surface area contributed by atoms with Crippen molar-refractivity contribution in [3.63, 3.8) is 0 Å². The van der Waals surface area contributed by atoms with E-state index in [0.29, 0.717) is 22.8 Å². The molecule has 5 heteroatoms. The molecule has 0 fully saturated rings. The summed E-state index contributed by atoms with van der Waals surface area (Å²) in [6.07, 6.45) is 3.34. The van der Waals surface area contributed by atoms with E-state index < -0.39 is 0 Å². The summed E-state index contributed by atoms with van der Waals surface area (Å²) in [6.45, 7) is 12.4. The van der Waals surface area contributed by atoms with Crippen molar-refractivity contribution in [3.8, 4) is 5.75 Å². The van der Waals surface area contributed by atoms with Crippen molar-refractivity contribution in [2.45, 2.75) is 57.3 Å². The lowest BCUT2D eigenvalue weighted by Crippen LogP contribution is -2.18. The number of rotatable bonds is 3. The number of allylic oxidation sites excluding steroid dienone is 1. The normalized spacial score (nSPS) is 14.5. The van der Waals surface area contributed by atoms with Crippen molar-refractivity contribution in [3.05, 3.63) is 58.7 Å². The zero-order valence-corrected chi connectivity index (χ0v) is 19.2. The van der Waals surface area contributed by atoms with E-state index in [-0.39, 0.29) is 22.5 Å². The Bertz CT molecular complexity index is 1000. The number of nitrogens with one attached hydrogen (secondary N) is 1. The van der Waals surface area contributed by atoms with Crippen LogP contribution in [0.15, 0.2) is 41.3 Å². The summed E-state index contributed by atoms with van der Waals surface area (Å²) in [5.41, 5.74) is 3.34. The summed E-state index contributed by atoms with van der Waals surface area (Å²) >= 11 is 1.47. The van der Waals surface area contributed by atoms with Crippen LogP contribution in [-0.2, 0) is 15.6 Å². The fourth-order valence-corrected chi connectivity index (χ4v) is 4.19. The summed E-state index contributed by atoms with van der Waals surface area (Å²) in [5, 5.41) is 13.7. The van der Waals surface area contributed by atoms with Gasteiger partial charge in [-0.25, -0.2) is 0 Å². The van der Waals surface area contributed by atoms with E-state index in [0.717, 1.165) is 21.6 Å². The number of anilines is 1. The lowest BCUT2D eigenvalue weighted by molar-refractivity contribution is -0.113. The molecule has 1 aliphatic rings. The number of benzene rings is 2. The van der Waals surface area contributed by atoms with Gasteiger partial charge in [0, 0.05) is 21.6 Å². The molecule has 0 atom stereocenters. The number of thioether (sulfide) groups is 1. The number of phenols is 1. The van der Waals surface area contributed by atoms with Gasteiger partial charge in [-0.3, -0.25) is 9.59 Å². The Hall–Kier alpha value is -2.53. The van der Waals surface area contributed by atoms with Crippen molar-refractivity contribution in [1.29, 1.82) is 0 Å². The third-order valence-electron chi connectivity index (χ3n) is 5.07. The van der Waals surface area contributed by atoms with Crippen molar-refractivity contribution >= 4 is 35.2 Å². The first-order chi connectivity index (χ1) is 13.9. The van der Waals surface area contributed by atoms with E-state index in [1.165, 1.54) is 11.8 Å². The Morgan fingerprint density at radius 2 is 1.63 bits per heavy atom. The highest BCUT2D eigenvalue weighted by Crippen LogP contribution is 2.40. The highest BCUT2D eigenvalue weighted by Gasteiger charge is 2.26. The highest BCUT2D eigenvalue weighted by atomic mass is 32.2. The van der Waals surface area contributed by atoms with Crippen molar-refractivity contribution in [2.24, 2.45) is 0 Å². The van der Waals surface area contributed by atoms with Gasteiger partial charge in [-0.15, -0.1) is 11.8 Å². The number of carbonyl (C=O) groups is 2. The van der Waals surface area contributed by atoms with Gasteiger partial charge in [0.15, 0.2) is 5.78 Å². The largest absolute Gasteiger partial charge is 0.507 e. The van der Waals surface area contributed by atoms with Gasteiger partial charge in [0.25, 0.3) is 0 Å². The number of fused-ring (bicyclic) bond motifs is 1. The van der Waals surface area contributed by atoms with Crippen molar-refractivity contribution < 1.29 is 14.7 Å². The van der Waals surface area contributed by atoms with Gasteiger partial charge in [-0.2, -0.15) is 0 Å². The second-order valence-corrected chi connectivity index (χ2v) is 10.7. The Kier molecular flexibility index (Phi) is 5.87. The van der Waals surface area contributed by atoms with Crippen LogP contribution in [-0.4, -0.2) is 22.5 Å². The average Bonchev–Trinajstić information content (AvgIpc) is 2.64. The molecular weight excluding hydrogens is 394 g/mol. The lowest BCUT2D eigenvalue weighted by Gasteiger charge is -2.27. The van der Waals surface area contributed by atoms with Crippen LogP contribution in [0, 0.1) is 0 Å². The predicted octanol–water partition coefficient (Wildman–Crippen LogP) is 5.93. The lowest BCUT2D eigenvalue weighted by atomic mass is 9.78. The van der Waals surface area contributed by atoms with Crippen LogP contribution in [0.5, 0.6) is 5.75 Å². The highest BCUT2D eigenvalue weighted by molar-refractivity contribution is 8.00. The first kappa shape index (κ1) is 22.2. The number of hydrogen-bond donors (Lipinski definition) is 2. The molecule has 1 aliphatic heterocycles. The minimum atomic E-state index is -0.230. The first-order valence-corrected chi connectivity index (χ1v) is 11.0. The molecule has 2 aromatic rings. The Morgan fingerprint density at radius 1 is 1.03 bits per heavy atom. The van der Waals surface area contributed by atoms with Gasteiger partial charge >= 0.3 is 0 Å². The predicted molar refractivity (Wildman–Crippen MR) is 125 cm³/mol. The molecule has 0 radical (unpaired) electrons. The monoisotopic (exact) mass is 423 g/mol. The van der Waals surface area contributed by atoms with Crippen molar-refractivity contribution in [2.75, 3.05) is 11.1 Å². The number of ketones is 1. The van der Waals surface area contributed by atoms with Gasteiger partial charge in [-0.1, -0.05) is 47.6 Å². The molecule has 0 spiro atoms. The Balaban J connectivity index is 1.95. The molecule has 30 heavy (non-hydrogen) atoms. The quantitative estimate of drug-likeness (QED) is 0.474. The molecule has 158 valence electrons. The van der Waals surface area contributed by atoms with E-state index in [2.05, 4.69) is 46.9 Å². The number of aromatic hydroxyl groups is 1. The van der Waals surface area contributed by atoms with E-state index in [9.17, 15) is 14.7 Å². The smallest absolute Gasteiger partial charge is 0.234 e. The summed E-state index contributed by atoms with van der Waals surface area (Å²) < 4.78 is 0. The minimum Gasteiger partial charge on any atom is -0.507 e. The van der Waals surface area contributed by atoms with Crippen LogP contribution in [0.2, 0.25) is 0 Å². The fraction of sp³-hybridized carbons (Fsp3) is 0.360. The number of phenolic OH excluding ortho intramolecular Hbond substituents is 1. The molecule has 1 heterocycles. The van der Waals surface area contributed by atoms with E-state index in [4.69, 9.17) is 0 Å². The molecule has 2 N–H and O–H groups in total. The third-order valence-corrected chi connectivity index (χ3v) is 6.15. The second-order valence-electron chi connectivity index (χ2n) is 9.71. The zero-order valence-electron chi connectivity index (χ0n) is 18.4. The van der Waals surface area contributed by atoms with E-state index in [1.807, 2.05) is 18.2 Å². The molecule has 0 aromatic heterocycles. The maximum absolute atomic E-state index is 12.8. The third kappa shape index (κ3) is 4.78. The van der Waals surface area contributed by atoms with Crippen LogP contribution in [0.1, 0.15) is 68.6 Å². The SMILES string of the molecule is CC(C)(C)c1cc(C=CC(=O)c2ccc3c(c2)NC(=O)CS3)cc(C(C)(C)C)c1O.